The van der Waals surface area contributed by atoms with E-state index in [0.29, 0.717) is 23.9 Å². The van der Waals surface area contributed by atoms with Crippen molar-refractivity contribution in [2.75, 3.05) is 10.6 Å². The van der Waals surface area contributed by atoms with Gasteiger partial charge in [0, 0.05) is 16.9 Å². The number of aromatic nitrogens is 3. The van der Waals surface area contributed by atoms with Gasteiger partial charge in [0.05, 0.1) is 5.57 Å². The molecular weight excluding hydrogens is 450 g/mol. The monoisotopic (exact) mass is 479 g/mol. The lowest BCUT2D eigenvalue weighted by Gasteiger charge is -2.30. The predicted molar refractivity (Wildman–Crippen MR) is 141 cm³/mol. The van der Waals surface area contributed by atoms with E-state index in [1.54, 1.807) is 4.68 Å². The van der Waals surface area contributed by atoms with Crippen LogP contribution >= 0.6 is 0 Å². The van der Waals surface area contributed by atoms with E-state index in [-0.39, 0.29) is 5.91 Å². The van der Waals surface area contributed by atoms with Gasteiger partial charge in [-0.25, -0.2) is 4.68 Å². The average Bonchev–Trinajstić information content (AvgIpc) is 3.32. The Morgan fingerprint density at radius 1 is 1.00 bits per heavy atom. The standard InChI is InChI=1S/C29H29N5O2/c1-18-13-14-24(20(3)15-18)33-28(35)26-21(4)32-29-30-17-31-34(29)27(26)23-11-7-8-12-25(23)36-16-22-10-6-5-9-19(22)2/h5-15,17,27H,16H2,1-4H3,(H,33,35)(H,30,31,32). The van der Waals surface area contributed by atoms with E-state index in [2.05, 4.69) is 45.8 Å². The van der Waals surface area contributed by atoms with Gasteiger partial charge in [0.25, 0.3) is 5.91 Å². The molecule has 0 saturated carbocycles. The highest BCUT2D eigenvalue weighted by Gasteiger charge is 2.35. The molecule has 182 valence electrons. The number of benzene rings is 3. The molecule has 0 fully saturated rings. The van der Waals surface area contributed by atoms with Crippen molar-refractivity contribution in [3.8, 4) is 5.75 Å². The van der Waals surface area contributed by atoms with Crippen LogP contribution in [0.4, 0.5) is 11.6 Å². The van der Waals surface area contributed by atoms with Crippen LogP contribution in [-0.2, 0) is 11.4 Å². The Balaban J connectivity index is 1.53. The molecule has 3 aromatic carbocycles. The first-order valence-corrected chi connectivity index (χ1v) is 11.9. The molecule has 1 aromatic heterocycles. The number of hydrogen-bond donors (Lipinski definition) is 2. The van der Waals surface area contributed by atoms with Gasteiger partial charge in [-0.15, -0.1) is 0 Å². The number of aryl methyl sites for hydroxylation is 3. The molecule has 1 unspecified atom stereocenters. The predicted octanol–water partition coefficient (Wildman–Crippen LogP) is 5.71. The summed E-state index contributed by atoms with van der Waals surface area (Å²) < 4.78 is 8.06. The van der Waals surface area contributed by atoms with Gasteiger partial charge in [-0.1, -0.05) is 60.2 Å². The maximum Gasteiger partial charge on any atom is 0.255 e. The second-order valence-corrected chi connectivity index (χ2v) is 9.12. The van der Waals surface area contributed by atoms with Gasteiger partial charge in [-0.2, -0.15) is 10.1 Å². The SMILES string of the molecule is CC1=C(C(=O)Nc2ccc(C)cc2C)C(c2ccccc2OCc2ccccc2C)n2ncnc2N1. The molecule has 5 rings (SSSR count). The molecule has 4 aromatic rings. The van der Waals surface area contributed by atoms with Crippen LogP contribution in [0, 0.1) is 20.8 Å². The van der Waals surface area contributed by atoms with Crippen molar-refractivity contribution in [3.63, 3.8) is 0 Å². The number of carbonyl (C=O) groups is 1. The third kappa shape index (κ3) is 4.47. The molecule has 1 aliphatic heterocycles. The van der Waals surface area contributed by atoms with Crippen molar-refractivity contribution in [2.24, 2.45) is 0 Å². The Bertz CT molecular complexity index is 1470. The molecule has 0 radical (unpaired) electrons. The smallest absolute Gasteiger partial charge is 0.255 e. The number of anilines is 2. The fourth-order valence-corrected chi connectivity index (χ4v) is 4.58. The summed E-state index contributed by atoms with van der Waals surface area (Å²) in [6, 6.07) is 21.4. The number of fused-ring (bicyclic) bond motifs is 1. The lowest BCUT2D eigenvalue weighted by molar-refractivity contribution is -0.113. The molecular formula is C29H29N5O2. The first kappa shape index (κ1) is 23.4. The van der Waals surface area contributed by atoms with E-state index in [0.717, 1.165) is 33.6 Å². The number of hydrogen-bond acceptors (Lipinski definition) is 5. The number of para-hydroxylation sites is 1. The number of ether oxygens (including phenoxy) is 1. The Morgan fingerprint density at radius 3 is 2.58 bits per heavy atom. The molecule has 0 bridgehead atoms. The Labute approximate surface area is 210 Å². The van der Waals surface area contributed by atoms with Crippen LogP contribution in [0.25, 0.3) is 0 Å². The molecule has 1 atom stereocenters. The van der Waals surface area contributed by atoms with Crippen LogP contribution in [-0.4, -0.2) is 20.7 Å². The largest absolute Gasteiger partial charge is 0.489 e. The van der Waals surface area contributed by atoms with Crippen molar-refractivity contribution in [2.45, 2.75) is 40.3 Å². The molecule has 2 N–H and O–H groups in total. The topological polar surface area (TPSA) is 81.1 Å². The fourth-order valence-electron chi connectivity index (χ4n) is 4.58. The highest BCUT2D eigenvalue weighted by atomic mass is 16.5. The third-order valence-corrected chi connectivity index (χ3v) is 6.53. The van der Waals surface area contributed by atoms with Gasteiger partial charge < -0.3 is 15.4 Å². The minimum Gasteiger partial charge on any atom is -0.489 e. The van der Waals surface area contributed by atoms with E-state index in [1.165, 1.54) is 11.9 Å². The Hall–Kier alpha value is -4.39. The van der Waals surface area contributed by atoms with Crippen LogP contribution in [0.5, 0.6) is 5.75 Å². The van der Waals surface area contributed by atoms with E-state index >= 15 is 0 Å². The number of nitrogens with one attached hydrogen (secondary N) is 2. The zero-order valence-corrected chi connectivity index (χ0v) is 20.9. The molecule has 7 nitrogen and oxygen atoms in total. The second kappa shape index (κ2) is 9.70. The van der Waals surface area contributed by atoms with Gasteiger partial charge in [0.15, 0.2) is 0 Å². The van der Waals surface area contributed by atoms with Crippen LogP contribution in [0.1, 0.15) is 40.8 Å². The van der Waals surface area contributed by atoms with E-state index in [1.807, 2.05) is 69.3 Å². The molecule has 0 saturated heterocycles. The first-order chi connectivity index (χ1) is 17.4. The summed E-state index contributed by atoms with van der Waals surface area (Å²) in [7, 11) is 0. The molecule has 1 amide bonds. The number of rotatable bonds is 6. The van der Waals surface area contributed by atoms with Gasteiger partial charge in [-0.05, 0) is 56.5 Å². The number of allylic oxidation sites excluding steroid dienone is 1. The van der Waals surface area contributed by atoms with Gasteiger partial charge >= 0.3 is 0 Å². The third-order valence-electron chi connectivity index (χ3n) is 6.53. The second-order valence-electron chi connectivity index (χ2n) is 9.12. The summed E-state index contributed by atoms with van der Waals surface area (Å²) in [6.07, 6.45) is 1.49. The van der Waals surface area contributed by atoms with Gasteiger partial charge in [0.1, 0.15) is 24.7 Å². The van der Waals surface area contributed by atoms with Crippen LogP contribution in [0.3, 0.4) is 0 Å². The normalized spacial score (nSPS) is 14.7. The summed E-state index contributed by atoms with van der Waals surface area (Å²) in [5.41, 5.74) is 7.31. The van der Waals surface area contributed by atoms with E-state index in [9.17, 15) is 4.79 Å². The molecule has 1 aliphatic rings. The minimum absolute atomic E-state index is 0.202. The van der Waals surface area contributed by atoms with E-state index in [4.69, 9.17) is 4.74 Å². The van der Waals surface area contributed by atoms with Crippen molar-refractivity contribution in [1.82, 2.24) is 14.8 Å². The zero-order valence-electron chi connectivity index (χ0n) is 20.9. The summed E-state index contributed by atoms with van der Waals surface area (Å²) in [4.78, 5) is 18.1. The zero-order chi connectivity index (χ0) is 25.2. The van der Waals surface area contributed by atoms with Crippen molar-refractivity contribution in [1.29, 1.82) is 0 Å². The van der Waals surface area contributed by atoms with Crippen molar-refractivity contribution < 1.29 is 9.53 Å². The number of nitrogens with zero attached hydrogens (tertiary/aromatic N) is 3. The molecule has 0 spiro atoms. The summed E-state index contributed by atoms with van der Waals surface area (Å²) in [5.74, 6) is 1.07. The van der Waals surface area contributed by atoms with E-state index < -0.39 is 6.04 Å². The average molecular weight is 480 g/mol. The van der Waals surface area contributed by atoms with Crippen molar-refractivity contribution >= 4 is 17.5 Å². The van der Waals surface area contributed by atoms with Crippen LogP contribution in [0.2, 0.25) is 0 Å². The lowest BCUT2D eigenvalue weighted by atomic mass is 9.94. The maximum absolute atomic E-state index is 13.8. The number of amides is 1. The quantitative estimate of drug-likeness (QED) is 0.370. The molecule has 0 aliphatic carbocycles. The molecule has 36 heavy (non-hydrogen) atoms. The Morgan fingerprint density at radius 2 is 1.78 bits per heavy atom. The summed E-state index contributed by atoms with van der Waals surface area (Å²) >= 11 is 0. The summed E-state index contributed by atoms with van der Waals surface area (Å²) in [6.45, 7) is 8.41. The van der Waals surface area contributed by atoms with Gasteiger partial charge in [-0.3, -0.25) is 4.79 Å². The maximum atomic E-state index is 13.8. The first-order valence-electron chi connectivity index (χ1n) is 11.9. The van der Waals surface area contributed by atoms with Crippen LogP contribution < -0.4 is 15.4 Å². The highest BCUT2D eigenvalue weighted by Crippen LogP contribution is 2.39. The molecule has 7 heteroatoms. The molecule has 2 heterocycles. The minimum atomic E-state index is -0.512. The summed E-state index contributed by atoms with van der Waals surface area (Å²) in [5, 5.41) is 10.8. The van der Waals surface area contributed by atoms with Gasteiger partial charge in [0.2, 0.25) is 5.95 Å². The number of carbonyl (C=O) groups excluding carboxylic acids is 1. The highest BCUT2D eigenvalue weighted by molar-refractivity contribution is 6.06. The van der Waals surface area contributed by atoms with Crippen molar-refractivity contribution in [3.05, 3.63) is 112 Å². The van der Waals surface area contributed by atoms with Crippen LogP contribution in [0.15, 0.2) is 84.3 Å². The lowest BCUT2D eigenvalue weighted by Crippen LogP contribution is -2.32. The Kier molecular flexibility index (Phi) is 6.29. The fraction of sp³-hybridized carbons (Fsp3) is 0.207.